The summed E-state index contributed by atoms with van der Waals surface area (Å²) in [4.78, 5) is 2.68. The molecule has 0 radical (unpaired) electrons. The molecule has 0 aliphatic heterocycles. The molecule has 1 aliphatic carbocycles. The van der Waals surface area contributed by atoms with Crippen molar-refractivity contribution in [2.75, 3.05) is 0 Å². The molecular weight excluding hydrogens is 296 g/mol. The summed E-state index contributed by atoms with van der Waals surface area (Å²) in [5.74, 6) is 0. The molecule has 0 saturated heterocycles. The number of rotatable bonds is 5. The van der Waals surface area contributed by atoms with Gasteiger partial charge in [-0.1, -0.05) is 44.7 Å². The minimum absolute atomic E-state index is 0.280. The third-order valence-electron chi connectivity index (χ3n) is 4.03. The van der Waals surface area contributed by atoms with Crippen LogP contribution >= 0.6 is 0 Å². The smallest absolute Gasteiger partial charge is 0.200 e. The second-order valence-corrected chi connectivity index (χ2v) is 7.60. The lowest BCUT2D eigenvalue weighted by Gasteiger charge is -2.11. The Morgan fingerprint density at radius 1 is 1.00 bits per heavy atom. The predicted molar refractivity (Wildman–Crippen MR) is 90.5 cm³/mol. The van der Waals surface area contributed by atoms with Crippen molar-refractivity contribution >= 4 is 15.7 Å². The fourth-order valence-corrected chi connectivity index (χ4v) is 3.58. The molecule has 1 aliphatic rings. The summed E-state index contributed by atoms with van der Waals surface area (Å²) >= 11 is 0. The third kappa shape index (κ3) is 5.13. The van der Waals surface area contributed by atoms with E-state index in [-0.39, 0.29) is 4.90 Å². The molecule has 2 rings (SSSR count). The van der Waals surface area contributed by atoms with Crippen molar-refractivity contribution < 1.29 is 8.42 Å². The van der Waals surface area contributed by atoms with Gasteiger partial charge < -0.3 is 0 Å². The van der Waals surface area contributed by atoms with Gasteiger partial charge in [0.05, 0.1) is 4.90 Å². The SMILES string of the molecule is CCCc1ccc(S(=O)(=O)NN=C2CCCCCCC2)cc1. The van der Waals surface area contributed by atoms with Gasteiger partial charge in [0.1, 0.15) is 0 Å². The van der Waals surface area contributed by atoms with Crippen LogP contribution in [0.5, 0.6) is 0 Å². The van der Waals surface area contributed by atoms with E-state index in [1.807, 2.05) is 12.1 Å². The number of benzene rings is 1. The van der Waals surface area contributed by atoms with Crippen LogP contribution in [0.2, 0.25) is 0 Å². The van der Waals surface area contributed by atoms with Crippen molar-refractivity contribution in [2.45, 2.75) is 69.6 Å². The molecule has 1 fully saturated rings. The quantitative estimate of drug-likeness (QED) is 0.832. The monoisotopic (exact) mass is 322 g/mol. The predicted octanol–water partition coefficient (Wildman–Crippen LogP) is 4.02. The van der Waals surface area contributed by atoms with E-state index in [0.29, 0.717) is 0 Å². The summed E-state index contributed by atoms with van der Waals surface area (Å²) in [6.45, 7) is 2.11. The standard InChI is InChI=1S/C17H26N2O2S/c1-2-8-15-11-13-17(14-12-15)22(20,21)19-18-16-9-6-4-3-5-7-10-16/h11-14,19H,2-10H2,1H3. The van der Waals surface area contributed by atoms with Crippen LogP contribution in [0.1, 0.15) is 63.9 Å². The molecule has 1 aromatic rings. The molecular formula is C17H26N2O2S. The van der Waals surface area contributed by atoms with Gasteiger partial charge in [-0.15, -0.1) is 0 Å². The van der Waals surface area contributed by atoms with Crippen LogP contribution in [-0.4, -0.2) is 14.1 Å². The first kappa shape index (κ1) is 17.0. The van der Waals surface area contributed by atoms with Crippen molar-refractivity contribution in [1.29, 1.82) is 0 Å². The van der Waals surface area contributed by atoms with E-state index in [9.17, 15) is 8.42 Å². The van der Waals surface area contributed by atoms with Crippen LogP contribution in [0.3, 0.4) is 0 Å². The molecule has 0 spiro atoms. The lowest BCUT2D eigenvalue weighted by Crippen LogP contribution is -2.20. The molecule has 0 amide bonds. The first-order valence-electron chi connectivity index (χ1n) is 8.28. The van der Waals surface area contributed by atoms with Crippen molar-refractivity contribution in [1.82, 2.24) is 4.83 Å². The molecule has 0 unspecified atom stereocenters. The van der Waals surface area contributed by atoms with Gasteiger partial charge in [-0.25, -0.2) is 4.83 Å². The Balaban J connectivity index is 2.03. The van der Waals surface area contributed by atoms with E-state index in [2.05, 4.69) is 16.9 Å². The first-order valence-corrected chi connectivity index (χ1v) is 9.76. The van der Waals surface area contributed by atoms with Crippen LogP contribution in [0.15, 0.2) is 34.3 Å². The van der Waals surface area contributed by atoms with Gasteiger partial charge in [0, 0.05) is 5.71 Å². The summed E-state index contributed by atoms with van der Waals surface area (Å²) in [6.07, 6.45) is 9.74. The highest BCUT2D eigenvalue weighted by Crippen LogP contribution is 2.16. The number of nitrogens with zero attached hydrogens (tertiary/aromatic N) is 1. The second kappa shape index (κ2) is 8.32. The molecule has 122 valence electrons. The average molecular weight is 322 g/mol. The normalized spacial score (nSPS) is 16.7. The van der Waals surface area contributed by atoms with Gasteiger partial charge >= 0.3 is 0 Å². The molecule has 0 heterocycles. The van der Waals surface area contributed by atoms with Gasteiger partial charge in [0.2, 0.25) is 0 Å². The minimum atomic E-state index is -3.55. The molecule has 1 saturated carbocycles. The average Bonchev–Trinajstić information content (AvgIpc) is 2.47. The fraction of sp³-hybridized carbons (Fsp3) is 0.588. The van der Waals surface area contributed by atoms with Crippen LogP contribution in [0.4, 0.5) is 0 Å². The summed E-state index contributed by atoms with van der Waals surface area (Å²) in [5.41, 5.74) is 2.14. The molecule has 0 aromatic heterocycles. The molecule has 5 heteroatoms. The van der Waals surface area contributed by atoms with E-state index >= 15 is 0 Å². The maximum absolute atomic E-state index is 12.3. The first-order chi connectivity index (χ1) is 10.6. The summed E-state index contributed by atoms with van der Waals surface area (Å²) in [6, 6.07) is 7.07. The lowest BCUT2D eigenvalue weighted by molar-refractivity contribution is 0.581. The zero-order valence-electron chi connectivity index (χ0n) is 13.3. The molecule has 0 bridgehead atoms. The molecule has 4 nitrogen and oxygen atoms in total. The number of aryl methyl sites for hydroxylation is 1. The van der Waals surface area contributed by atoms with E-state index in [1.165, 1.54) is 19.3 Å². The summed E-state index contributed by atoms with van der Waals surface area (Å²) < 4.78 is 24.6. The van der Waals surface area contributed by atoms with Crippen LogP contribution in [0.25, 0.3) is 0 Å². The summed E-state index contributed by atoms with van der Waals surface area (Å²) in [5, 5.41) is 4.17. The van der Waals surface area contributed by atoms with E-state index in [1.54, 1.807) is 12.1 Å². The molecule has 0 atom stereocenters. The maximum atomic E-state index is 12.3. The Kier molecular flexibility index (Phi) is 6.43. The topological polar surface area (TPSA) is 58.5 Å². The van der Waals surface area contributed by atoms with Gasteiger partial charge in [-0.2, -0.15) is 13.5 Å². The molecule has 1 aromatic carbocycles. The minimum Gasteiger partial charge on any atom is -0.200 e. The highest BCUT2D eigenvalue weighted by molar-refractivity contribution is 7.89. The zero-order valence-corrected chi connectivity index (χ0v) is 14.2. The van der Waals surface area contributed by atoms with E-state index in [0.717, 1.165) is 49.8 Å². The molecule has 1 N–H and O–H groups in total. The van der Waals surface area contributed by atoms with Crippen molar-refractivity contribution in [2.24, 2.45) is 5.10 Å². The van der Waals surface area contributed by atoms with Crippen molar-refractivity contribution in [3.05, 3.63) is 29.8 Å². The zero-order chi connectivity index (χ0) is 15.8. The highest BCUT2D eigenvalue weighted by atomic mass is 32.2. The van der Waals surface area contributed by atoms with Crippen LogP contribution in [0, 0.1) is 0 Å². The largest absolute Gasteiger partial charge is 0.276 e. The molecule has 22 heavy (non-hydrogen) atoms. The Labute approximate surface area is 134 Å². The fourth-order valence-electron chi connectivity index (χ4n) is 2.73. The van der Waals surface area contributed by atoms with Crippen molar-refractivity contribution in [3.8, 4) is 0 Å². The van der Waals surface area contributed by atoms with Gasteiger partial charge in [0.15, 0.2) is 0 Å². The highest BCUT2D eigenvalue weighted by Gasteiger charge is 2.13. The second-order valence-electron chi connectivity index (χ2n) is 5.93. The number of nitrogens with one attached hydrogen (secondary N) is 1. The number of hydrogen-bond donors (Lipinski definition) is 1. The number of hydrogen-bond acceptors (Lipinski definition) is 3. The Hall–Kier alpha value is -1.36. The number of sulfonamides is 1. The Morgan fingerprint density at radius 2 is 1.59 bits per heavy atom. The van der Waals surface area contributed by atoms with E-state index < -0.39 is 10.0 Å². The summed E-state index contributed by atoms with van der Waals surface area (Å²) in [7, 11) is -3.55. The Bertz CT molecular complexity index is 582. The maximum Gasteiger partial charge on any atom is 0.276 e. The van der Waals surface area contributed by atoms with Gasteiger partial charge in [-0.3, -0.25) is 0 Å². The van der Waals surface area contributed by atoms with Gasteiger partial charge in [0.25, 0.3) is 10.0 Å². The van der Waals surface area contributed by atoms with Crippen LogP contribution < -0.4 is 4.83 Å². The van der Waals surface area contributed by atoms with Crippen molar-refractivity contribution in [3.63, 3.8) is 0 Å². The third-order valence-corrected chi connectivity index (χ3v) is 5.25. The Morgan fingerprint density at radius 3 is 2.18 bits per heavy atom. The van der Waals surface area contributed by atoms with Crippen LogP contribution in [-0.2, 0) is 16.4 Å². The van der Waals surface area contributed by atoms with E-state index in [4.69, 9.17) is 0 Å². The number of hydrazone groups is 1. The lowest BCUT2D eigenvalue weighted by atomic mass is 9.99. The van der Waals surface area contributed by atoms with Gasteiger partial charge in [-0.05, 0) is 49.8 Å².